The van der Waals surface area contributed by atoms with Crippen LogP contribution in [0.1, 0.15) is 12.8 Å². The van der Waals surface area contributed by atoms with Gasteiger partial charge in [-0.05, 0) is 37.1 Å². The highest BCUT2D eigenvalue weighted by Gasteiger charge is 2.35. The van der Waals surface area contributed by atoms with Crippen LogP contribution in [0.25, 0.3) is 10.9 Å². The fraction of sp³-hybridized carbons (Fsp3) is 0.261. The summed E-state index contributed by atoms with van der Waals surface area (Å²) in [6.07, 6.45) is -3.37. The number of amides is 3. The molecule has 9 nitrogen and oxygen atoms in total. The molecule has 0 aliphatic carbocycles. The molecule has 1 saturated heterocycles. The molecule has 2 aromatic carbocycles. The second-order valence-corrected chi connectivity index (χ2v) is 7.87. The first-order chi connectivity index (χ1) is 16.6. The summed E-state index contributed by atoms with van der Waals surface area (Å²) in [5, 5.41) is 3.15. The van der Waals surface area contributed by atoms with E-state index in [9.17, 15) is 27.6 Å². The largest absolute Gasteiger partial charge is 0.573 e. The lowest BCUT2D eigenvalue weighted by atomic mass is 10.2. The quantitative estimate of drug-likeness (QED) is 0.548. The summed E-state index contributed by atoms with van der Waals surface area (Å²) in [7, 11) is 0. The summed E-state index contributed by atoms with van der Waals surface area (Å²) in [6.45, 7) is 0.222. The van der Waals surface area contributed by atoms with Gasteiger partial charge in [-0.2, -0.15) is 0 Å². The number of hydrogen-bond acceptors (Lipinski definition) is 5. The normalized spacial score (nSPS) is 15.7. The van der Waals surface area contributed by atoms with Gasteiger partial charge in [0.05, 0.1) is 5.52 Å². The fourth-order valence-electron chi connectivity index (χ4n) is 4.10. The molecule has 0 spiro atoms. The minimum Gasteiger partial charge on any atom is -0.408 e. The maximum atomic E-state index is 13.1. The molecular formula is C23H21F3N4O5. The zero-order valence-electron chi connectivity index (χ0n) is 18.2. The van der Waals surface area contributed by atoms with Crippen molar-refractivity contribution in [2.24, 2.45) is 5.73 Å². The van der Waals surface area contributed by atoms with Crippen molar-refractivity contribution in [2.45, 2.75) is 31.8 Å². The predicted molar refractivity (Wildman–Crippen MR) is 119 cm³/mol. The molecule has 3 N–H and O–H groups in total. The van der Waals surface area contributed by atoms with Gasteiger partial charge >= 0.3 is 12.5 Å². The van der Waals surface area contributed by atoms with Crippen molar-refractivity contribution in [3.05, 3.63) is 54.7 Å². The first-order valence-electron chi connectivity index (χ1n) is 10.6. The minimum atomic E-state index is -4.86. The van der Waals surface area contributed by atoms with Crippen LogP contribution < -0.4 is 20.5 Å². The summed E-state index contributed by atoms with van der Waals surface area (Å²) in [6, 6.07) is 11.1. The molecule has 1 atom stereocenters. The number of nitrogens with one attached hydrogen (secondary N) is 1. The Hall–Kier alpha value is -4.22. The lowest BCUT2D eigenvalue weighted by Crippen LogP contribution is -2.44. The lowest BCUT2D eigenvalue weighted by molar-refractivity contribution is -0.274. The van der Waals surface area contributed by atoms with E-state index in [1.54, 1.807) is 28.8 Å². The number of aromatic nitrogens is 1. The Bertz CT molecular complexity index is 1270. The van der Waals surface area contributed by atoms with Crippen LogP contribution in [0.5, 0.6) is 11.5 Å². The molecule has 0 bridgehead atoms. The van der Waals surface area contributed by atoms with E-state index in [1.807, 2.05) is 0 Å². The van der Waals surface area contributed by atoms with Gasteiger partial charge in [0.1, 0.15) is 18.3 Å². The Morgan fingerprint density at radius 1 is 1.11 bits per heavy atom. The molecule has 2 heterocycles. The topological polar surface area (TPSA) is 116 Å². The third-order valence-corrected chi connectivity index (χ3v) is 5.48. The van der Waals surface area contributed by atoms with E-state index in [4.69, 9.17) is 10.5 Å². The molecule has 35 heavy (non-hydrogen) atoms. The van der Waals surface area contributed by atoms with E-state index >= 15 is 0 Å². The number of nitrogens with two attached hydrogens (primary N) is 1. The maximum Gasteiger partial charge on any atom is 0.573 e. The zero-order chi connectivity index (χ0) is 25.2. The molecule has 3 amide bonds. The molecule has 184 valence electrons. The molecule has 0 radical (unpaired) electrons. The number of alkyl halides is 3. The Balaban J connectivity index is 1.47. The molecular weight excluding hydrogens is 469 g/mol. The van der Waals surface area contributed by atoms with Gasteiger partial charge in [-0.1, -0.05) is 18.2 Å². The molecule has 4 rings (SSSR count). The van der Waals surface area contributed by atoms with Crippen molar-refractivity contribution in [3.63, 3.8) is 0 Å². The van der Waals surface area contributed by atoms with Gasteiger partial charge in [-0.15, -0.1) is 13.2 Å². The second-order valence-electron chi connectivity index (χ2n) is 7.87. The van der Waals surface area contributed by atoms with Crippen LogP contribution in [-0.4, -0.2) is 46.3 Å². The molecule has 3 aromatic rings. The third kappa shape index (κ3) is 5.65. The van der Waals surface area contributed by atoms with Crippen LogP contribution in [0.15, 0.2) is 54.7 Å². The molecule has 1 aliphatic rings. The first kappa shape index (κ1) is 23.9. The molecule has 1 fully saturated rings. The number of nitrogens with zero attached hydrogens (tertiary/aromatic N) is 2. The number of carbonyl (C=O) groups excluding carboxylic acids is 3. The van der Waals surface area contributed by atoms with Gasteiger partial charge < -0.3 is 30.0 Å². The van der Waals surface area contributed by atoms with Crippen molar-refractivity contribution in [1.29, 1.82) is 0 Å². The number of ether oxygens (including phenoxy) is 2. The lowest BCUT2D eigenvalue weighted by Gasteiger charge is -2.24. The SMILES string of the molecule is NC(=O)Oc1cn(CC(=O)N2CCC[C@H]2C(=O)Nc2cccc(OC(F)(F)F)c2)c2ccccc12. The number of hydrogen-bond donors (Lipinski definition) is 2. The molecule has 0 unspecified atom stereocenters. The van der Waals surface area contributed by atoms with E-state index < -0.39 is 30.2 Å². The summed E-state index contributed by atoms with van der Waals surface area (Å²) in [5.41, 5.74) is 5.88. The number of anilines is 1. The summed E-state index contributed by atoms with van der Waals surface area (Å²) < 4.78 is 47.9. The number of rotatable bonds is 6. The fourth-order valence-corrected chi connectivity index (χ4v) is 4.10. The highest BCUT2D eigenvalue weighted by Crippen LogP contribution is 2.29. The van der Waals surface area contributed by atoms with Crippen LogP contribution in [0.4, 0.5) is 23.7 Å². The smallest absolute Gasteiger partial charge is 0.408 e. The Labute approximate surface area is 197 Å². The number of benzene rings is 2. The zero-order valence-corrected chi connectivity index (χ0v) is 18.2. The van der Waals surface area contributed by atoms with Crippen molar-refractivity contribution in [1.82, 2.24) is 9.47 Å². The average Bonchev–Trinajstić information content (AvgIpc) is 3.39. The van der Waals surface area contributed by atoms with E-state index in [1.165, 1.54) is 23.2 Å². The van der Waals surface area contributed by atoms with E-state index in [0.29, 0.717) is 30.3 Å². The van der Waals surface area contributed by atoms with Crippen molar-refractivity contribution >= 4 is 34.5 Å². The van der Waals surface area contributed by atoms with E-state index in [-0.39, 0.29) is 23.9 Å². The van der Waals surface area contributed by atoms with Gasteiger partial charge in [-0.3, -0.25) is 9.59 Å². The maximum absolute atomic E-state index is 13.1. The van der Waals surface area contributed by atoms with Crippen molar-refractivity contribution in [2.75, 3.05) is 11.9 Å². The summed E-state index contributed by atoms with van der Waals surface area (Å²) >= 11 is 0. The number of primary amides is 1. The number of halogens is 3. The number of likely N-dealkylation sites (tertiary alicyclic amines) is 1. The first-order valence-corrected chi connectivity index (χ1v) is 10.6. The van der Waals surface area contributed by atoms with Gasteiger partial charge in [-0.25, -0.2) is 4.79 Å². The third-order valence-electron chi connectivity index (χ3n) is 5.48. The Morgan fingerprint density at radius 3 is 2.63 bits per heavy atom. The van der Waals surface area contributed by atoms with Crippen LogP contribution in [0, 0.1) is 0 Å². The predicted octanol–water partition coefficient (Wildman–Crippen LogP) is 3.63. The van der Waals surface area contributed by atoms with Crippen LogP contribution in [0.3, 0.4) is 0 Å². The molecule has 0 saturated carbocycles. The number of carbonyl (C=O) groups is 3. The molecule has 12 heteroatoms. The highest BCUT2D eigenvalue weighted by atomic mass is 19.4. The van der Waals surface area contributed by atoms with E-state index in [0.717, 1.165) is 12.1 Å². The molecule has 1 aliphatic heterocycles. The standard InChI is InChI=1S/C23H21F3N4O5/c24-23(25,26)35-15-6-3-5-14(11-15)28-21(32)18-9-4-10-30(18)20(31)13-29-12-19(34-22(27)33)16-7-1-2-8-17(16)29/h1-3,5-8,11-12,18H,4,9-10,13H2,(H2,27,33)(H,28,32)/t18-/m0/s1. The van der Waals surface area contributed by atoms with Crippen LogP contribution >= 0.6 is 0 Å². The van der Waals surface area contributed by atoms with Crippen molar-refractivity contribution in [3.8, 4) is 11.5 Å². The average molecular weight is 490 g/mol. The van der Waals surface area contributed by atoms with E-state index in [2.05, 4.69) is 10.1 Å². The summed E-state index contributed by atoms with van der Waals surface area (Å²) in [5.74, 6) is -1.13. The Morgan fingerprint density at radius 2 is 1.89 bits per heavy atom. The van der Waals surface area contributed by atoms with Gasteiger partial charge in [0.15, 0.2) is 5.75 Å². The summed E-state index contributed by atoms with van der Waals surface area (Å²) in [4.78, 5) is 38.6. The van der Waals surface area contributed by atoms with Gasteiger partial charge in [0, 0.05) is 29.9 Å². The highest BCUT2D eigenvalue weighted by molar-refractivity contribution is 5.98. The van der Waals surface area contributed by atoms with Gasteiger partial charge in [0.2, 0.25) is 11.8 Å². The number of fused-ring (bicyclic) bond motifs is 1. The number of para-hydroxylation sites is 1. The van der Waals surface area contributed by atoms with Crippen LogP contribution in [-0.2, 0) is 16.1 Å². The minimum absolute atomic E-state index is 0.112. The van der Waals surface area contributed by atoms with Crippen molar-refractivity contribution < 1.29 is 37.0 Å². The molecule has 1 aromatic heterocycles. The second kappa shape index (κ2) is 9.57. The van der Waals surface area contributed by atoms with Gasteiger partial charge in [0.25, 0.3) is 0 Å². The Kier molecular flexibility index (Phi) is 6.54. The monoisotopic (exact) mass is 490 g/mol. The van der Waals surface area contributed by atoms with Crippen LogP contribution in [0.2, 0.25) is 0 Å².